The van der Waals surface area contributed by atoms with Crippen LogP contribution in [0.2, 0.25) is 0 Å². The average Bonchev–Trinajstić information content (AvgIpc) is 2.40. The molecule has 0 unspecified atom stereocenters. The van der Waals surface area contributed by atoms with E-state index in [0.29, 0.717) is 6.42 Å². The van der Waals surface area contributed by atoms with Crippen molar-refractivity contribution in [2.45, 2.75) is 6.42 Å². The summed E-state index contributed by atoms with van der Waals surface area (Å²) in [6.07, 6.45) is 4.55. The molecule has 0 saturated heterocycles. The van der Waals surface area contributed by atoms with Gasteiger partial charge in [-0.3, -0.25) is 0 Å². The van der Waals surface area contributed by atoms with Crippen molar-refractivity contribution >= 4 is 28.1 Å². The maximum Gasteiger partial charge on any atom is 0.0669 e. The van der Waals surface area contributed by atoms with Crippen molar-refractivity contribution in [2.75, 3.05) is 0 Å². The number of benzene rings is 2. The highest BCUT2D eigenvalue weighted by Gasteiger charge is 1.97. The molecule has 0 aromatic heterocycles. The number of halogens is 1. The van der Waals surface area contributed by atoms with E-state index in [1.54, 1.807) is 0 Å². The van der Waals surface area contributed by atoms with Crippen LogP contribution in [0.4, 0.5) is 0 Å². The summed E-state index contributed by atoms with van der Waals surface area (Å²) in [6.45, 7) is 0. The lowest BCUT2D eigenvalue weighted by molar-refractivity contribution is 1.25. The standard InChI is InChI=1S/C16H12BrN/c17-16-9-6-13(7-10-16)5-8-14-3-1-2-4-15(14)11-12-18/h1-10H,11H2/b8-5+. The van der Waals surface area contributed by atoms with Crippen LogP contribution in [-0.4, -0.2) is 0 Å². The van der Waals surface area contributed by atoms with E-state index in [1.807, 2.05) is 48.5 Å². The van der Waals surface area contributed by atoms with Crippen LogP contribution in [0.5, 0.6) is 0 Å². The first-order valence-electron chi connectivity index (χ1n) is 5.68. The van der Waals surface area contributed by atoms with Gasteiger partial charge in [-0.1, -0.05) is 64.5 Å². The van der Waals surface area contributed by atoms with Crippen molar-refractivity contribution in [3.63, 3.8) is 0 Å². The fourth-order valence-electron chi connectivity index (χ4n) is 1.70. The van der Waals surface area contributed by atoms with Gasteiger partial charge in [-0.15, -0.1) is 0 Å². The van der Waals surface area contributed by atoms with Crippen molar-refractivity contribution in [3.8, 4) is 6.07 Å². The third-order valence-corrected chi connectivity index (χ3v) is 3.18. The fourth-order valence-corrected chi connectivity index (χ4v) is 1.97. The molecule has 0 heterocycles. The molecule has 0 saturated carbocycles. The van der Waals surface area contributed by atoms with Crippen molar-refractivity contribution in [1.29, 1.82) is 5.26 Å². The zero-order valence-electron chi connectivity index (χ0n) is 9.81. The molecule has 2 aromatic carbocycles. The lowest BCUT2D eigenvalue weighted by atomic mass is 10.0. The number of nitrogens with zero attached hydrogens (tertiary/aromatic N) is 1. The molecule has 0 atom stereocenters. The average molecular weight is 298 g/mol. The Labute approximate surface area is 116 Å². The molecule has 2 aromatic rings. The van der Waals surface area contributed by atoms with E-state index in [9.17, 15) is 0 Å². The molecule has 2 rings (SSSR count). The van der Waals surface area contributed by atoms with E-state index in [4.69, 9.17) is 5.26 Å². The van der Waals surface area contributed by atoms with Gasteiger partial charge < -0.3 is 0 Å². The summed E-state index contributed by atoms with van der Waals surface area (Å²) in [5.41, 5.74) is 3.31. The molecule has 0 radical (unpaired) electrons. The molecule has 0 bridgehead atoms. The van der Waals surface area contributed by atoms with Crippen LogP contribution in [0.1, 0.15) is 16.7 Å². The van der Waals surface area contributed by atoms with Gasteiger partial charge in [0.15, 0.2) is 0 Å². The molecule has 0 aliphatic heterocycles. The van der Waals surface area contributed by atoms with E-state index in [0.717, 1.165) is 21.2 Å². The van der Waals surface area contributed by atoms with E-state index < -0.39 is 0 Å². The first-order valence-corrected chi connectivity index (χ1v) is 6.47. The third kappa shape index (κ3) is 3.32. The smallest absolute Gasteiger partial charge is 0.0669 e. The number of hydrogen-bond donors (Lipinski definition) is 0. The molecule has 18 heavy (non-hydrogen) atoms. The molecule has 0 spiro atoms. The highest BCUT2D eigenvalue weighted by molar-refractivity contribution is 9.10. The summed E-state index contributed by atoms with van der Waals surface area (Å²) >= 11 is 3.41. The van der Waals surface area contributed by atoms with E-state index >= 15 is 0 Å². The van der Waals surface area contributed by atoms with Crippen LogP contribution in [0.3, 0.4) is 0 Å². The molecule has 1 nitrogen and oxygen atoms in total. The van der Waals surface area contributed by atoms with Gasteiger partial charge in [0, 0.05) is 4.47 Å². The topological polar surface area (TPSA) is 23.8 Å². The molecule has 0 amide bonds. The minimum absolute atomic E-state index is 0.445. The molecule has 0 N–H and O–H groups in total. The predicted molar refractivity (Wildman–Crippen MR) is 78.8 cm³/mol. The van der Waals surface area contributed by atoms with Crippen LogP contribution < -0.4 is 0 Å². The molecule has 0 aliphatic carbocycles. The Bertz CT molecular complexity index is 591. The van der Waals surface area contributed by atoms with Crippen LogP contribution in [0.15, 0.2) is 53.0 Å². The maximum absolute atomic E-state index is 8.78. The van der Waals surface area contributed by atoms with Crippen molar-refractivity contribution in [3.05, 3.63) is 69.7 Å². The number of nitriles is 1. The number of rotatable bonds is 3. The second-order valence-corrected chi connectivity index (χ2v) is 4.83. The van der Waals surface area contributed by atoms with Gasteiger partial charge in [0.1, 0.15) is 0 Å². The van der Waals surface area contributed by atoms with Gasteiger partial charge in [-0.2, -0.15) is 5.26 Å². The highest BCUT2D eigenvalue weighted by atomic mass is 79.9. The quantitative estimate of drug-likeness (QED) is 0.754. The third-order valence-electron chi connectivity index (χ3n) is 2.65. The van der Waals surface area contributed by atoms with Crippen molar-refractivity contribution in [1.82, 2.24) is 0 Å². The van der Waals surface area contributed by atoms with Gasteiger partial charge in [0.25, 0.3) is 0 Å². The number of hydrogen-bond acceptors (Lipinski definition) is 1. The van der Waals surface area contributed by atoms with Crippen molar-refractivity contribution < 1.29 is 0 Å². The summed E-state index contributed by atoms with van der Waals surface area (Å²) in [5, 5.41) is 8.78. The second-order valence-electron chi connectivity index (χ2n) is 3.92. The molecule has 0 fully saturated rings. The SMILES string of the molecule is N#CCc1ccccc1/C=C/c1ccc(Br)cc1. The first kappa shape index (κ1) is 12.6. The summed E-state index contributed by atoms with van der Waals surface area (Å²) < 4.78 is 1.07. The Kier molecular flexibility index (Phi) is 4.33. The lowest BCUT2D eigenvalue weighted by Gasteiger charge is -2.01. The Morgan fingerprint density at radius 1 is 1.00 bits per heavy atom. The van der Waals surface area contributed by atoms with Gasteiger partial charge in [-0.25, -0.2) is 0 Å². The fraction of sp³-hybridized carbons (Fsp3) is 0.0625. The van der Waals surface area contributed by atoms with Gasteiger partial charge >= 0.3 is 0 Å². The first-order chi connectivity index (χ1) is 8.79. The molecule has 88 valence electrons. The zero-order valence-corrected chi connectivity index (χ0v) is 11.4. The Balaban J connectivity index is 2.23. The molecule has 0 aliphatic rings. The van der Waals surface area contributed by atoms with E-state index in [2.05, 4.69) is 34.2 Å². The normalized spacial score (nSPS) is 10.4. The minimum atomic E-state index is 0.445. The van der Waals surface area contributed by atoms with E-state index in [1.165, 1.54) is 0 Å². The van der Waals surface area contributed by atoms with Gasteiger partial charge in [0.2, 0.25) is 0 Å². The maximum atomic E-state index is 8.78. The Morgan fingerprint density at radius 2 is 1.72 bits per heavy atom. The summed E-state index contributed by atoms with van der Waals surface area (Å²) in [7, 11) is 0. The summed E-state index contributed by atoms with van der Waals surface area (Å²) in [6, 6.07) is 18.3. The predicted octanol–water partition coefficient (Wildman–Crippen LogP) is 4.69. The van der Waals surface area contributed by atoms with E-state index in [-0.39, 0.29) is 0 Å². The highest BCUT2D eigenvalue weighted by Crippen LogP contribution is 2.15. The Hall–Kier alpha value is -1.85. The molecular weight excluding hydrogens is 286 g/mol. The zero-order chi connectivity index (χ0) is 12.8. The monoisotopic (exact) mass is 297 g/mol. The lowest BCUT2D eigenvalue weighted by Crippen LogP contribution is -1.85. The summed E-state index contributed by atoms with van der Waals surface area (Å²) in [4.78, 5) is 0. The van der Waals surface area contributed by atoms with Gasteiger partial charge in [0.05, 0.1) is 12.5 Å². The van der Waals surface area contributed by atoms with Crippen LogP contribution >= 0.6 is 15.9 Å². The second kappa shape index (κ2) is 6.18. The minimum Gasteiger partial charge on any atom is -0.198 e. The summed E-state index contributed by atoms with van der Waals surface area (Å²) in [5.74, 6) is 0. The Morgan fingerprint density at radius 3 is 2.44 bits per heavy atom. The van der Waals surface area contributed by atoms with Crippen LogP contribution in [0.25, 0.3) is 12.2 Å². The van der Waals surface area contributed by atoms with Crippen LogP contribution in [0, 0.1) is 11.3 Å². The molecular formula is C16H12BrN. The molecule has 2 heteroatoms. The van der Waals surface area contributed by atoms with Crippen LogP contribution in [-0.2, 0) is 6.42 Å². The van der Waals surface area contributed by atoms with Crippen molar-refractivity contribution in [2.24, 2.45) is 0 Å². The largest absolute Gasteiger partial charge is 0.198 e. The van der Waals surface area contributed by atoms with Gasteiger partial charge in [-0.05, 0) is 28.8 Å².